The van der Waals surface area contributed by atoms with Crippen LogP contribution in [0.3, 0.4) is 0 Å². The molecule has 1 heterocycles. The van der Waals surface area contributed by atoms with Crippen LogP contribution in [0.2, 0.25) is 0 Å². The Hall–Kier alpha value is -0.0800. The van der Waals surface area contributed by atoms with Gasteiger partial charge in [-0.3, -0.25) is 0 Å². The third-order valence-electron chi connectivity index (χ3n) is 2.40. The molecule has 1 aliphatic rings. The largest absolute Gasteiger partial charge is 0.315 e. The fourth-order valence-electron chi connectivity index (χ4n) is 1.62. The van der Waals surface area contributed by atoms with E-state index in [1.165, 1.54) is 26.1 Å². The van der Waals surface area contributed by atoms with Gasteiger partial charge in [-0.05, 0) is 20.5 Å². The second-order valence-electron chi connectivity index (χ2n) is 3.69. The lowest BCUT2D eigenvalue weighted by atomic mass is 9.79. The van der Waals surface area contributed by atoms with Crippen LogP contribution in [0.15, 0.2) is 0 Å². The van der Waals surface area contributed by atoms with Crippen molar-refractivity contribution in [2.24, 2.45) is 5.41 Å². The molecular formula is C8H18N2. The summed E-state index contributed by atoms with van der Waals surface area (Å²) in [5.74, 6) is 0. The lowest BCUT2D eigenvalue weighted by Gasteiger charge is -2.43. The van der Waals surface area contributed by atoms with Gasteiger partial charge in [0.05, 0.1) is 0 Å². The third-order valence-corrected chi connectivity index (χ3v) is 2.40. The Morgan fingerprint density at radius 2 is 2.00 bits per heavy atom. The van der Waals surface area contributed by atoms with Crippen LogP contribution in [0.25, 0.3) is 0 Å². The van der Waals surface area contributed by atoms with Crippen molar-refractivity contribution in [3.05, 3.63) is 0 Å². The molecule has 0 aromatic heterocycles. The number of hydrogen-bond donors (Lipinski definition) is 1. The molecule has 0 atom stereocenters. The predicted molar refractivity (Wildman–Crippen MR) is 44.1 cm³/mol. The fraction of sp³-hybridized carbons (Fsp3) is 1.00. The summed E-state index contributed by atoms with van der Waals surface area (Å²) in [5, 5.41) is 3.33. The molecule has 1 N–H and O–H groups in total. The molecule has 60 valence electrons. The predicted octanol–water partition coefficient (Wildman–Crippen LogP) is 0.548. The zero-order valence-corrected chi connectivity index (χ0v) is 7.28. The Bertz CT molecular complexity index is 100. The first kappa shape index (κ1) is 8.02. The van der Waals surface area contributed by atoms with E-state index < -0.39 is 0 Å². The molecule has 1 rings (SSSR count). The average molecular weight is 142 g/mol. The van der Waals surface area contributed by atoms with E-state index in [9.17, 15) is 0 Å². The van der Waals surface area contributed by atoms with Crippen molar-refractivity contribution in [3.8, 4) is 0 Å². The van der Waals surface area contributed by atoms with Crippen molar-refractivity contribution in [3.63, 3.8) is 0 Å². The highest BCUT2D eigenvalue weighted by Crippen LogP contribution is 2.26. The molecule has 1 saturated heterocycles. The van der Waals surface area contributed by atoms with Crippen molar-refractivity contribution < 1.29 is 0 Å². The lowest BCUT2D eigenvalue weighted by molar-refractivity contribution is 0.112. The van der Waals surface area contributed by atoms with Gasteiger partial charge in [-0.25, -0.2) is 0 Å². The van der Waals surface area contributed by atoms with E-state index in [0.717, 1.165) is 0 Å². The smallest absolute Gasteiger partial charge is 0.00769 e. The minimum atomic E-state index is 0.601. The molecule has 10 heavy (non-hydrogen) atoms. The molecular weight excluding hydrogens is 124 g/mol. The van der Waals surface area contributed by atoms with Crippen LogP contribution in [0, 0.1) is 5.41 Å². The van der Waals surface area contributed by atoms with Gasteiger partial charge in [-0.15, -0.1) is 0 Å². The second-order valence-corrected chi connectivity index (χ2v) is 3.69. The van der Waals surface area contributed by atoms with Crippen LogP contribution < -0.4 is 5.32 Å². The van der Waals surface area contributed by atoms with Crippen LogP contribution in [-0.4, -0.2) is 38.6 Å². The van der Waals surface area contributed by atoms with E-state index in [1.54, 1.807) is 0 Å². The summed E-state index contributed by atoms with van der Waals surface area (Å²) in [5.41, 5.74) is 0.601. The van der Waals surface area contributed by atoms with E-state index in [4.69, 9.17) is 0 Å². The molecule has 0 amide bonds. The number of nitrogens with one attached hydrogen (secondary N) is 1. The Kier molecular flexibility index (Phi) is 2.32. The van der Waals surface area contributed by atoms with Gasteiger partial charge >= 0.3 is 0 Å². The number of hydrogen-bond acceptors (Lipinski definition) is 2. The molecule has 0 spiro atoms. The Morgan fingerprint density at radius 1 is 1.40 bits per heavy atom. The molecule has 0 aromatic rings. The first-order valence-corrected chi connectivity index (χ1v) is 4.04. The Balaban J connectivity index is 2.33. The SMILES string of the molecule is CCC1(CN(C)C)CNC1. The van der Waals surface area contributed by atoms with Crippen LogP contribution in [0.1, 0.15) is 13.3 Å². The van der Waals surface area contributed by atoms with E-state index in [2.05, 4.69) is 31.2 Å². The monoisotopic (exact) mass is 142 g/mol. The van der Waals surface area contributed by atoms with Crippen LogP contribution in [0.4, 0.5) is 0 Å². The number of nitrogens with zero attached hydrogens (tertiary/aromatic N) is 1. The van der Waals surface area contributed by atoms with E-state index in [1.807, 2.05) is 0 Å². The maximum atomic E-state index is 3.33. The van der Waals surface area contributed by atoms with Gasteiger partial charge in [0.15, 0.2) is 0 Å². The highest BCUT2D eigenvalue weighted by molar-refractivity contribution is 4.92. The summed E-state index contributed by atoms with van der Waals surface area (Å²) in [4.78, 5) is 2.28. The van der Waals surface area contributed by atoms with Gasteiger partial charge in [-0.1, -0.05) is 6.92 Å². The van der Waals surface area contributed by atoms with E-state index in [0.29, 0.717) is 5.41 Å². The van der Waals surface area contributed by atoms with Crippen LogP contribution in [0.5, 0.6) is 0 Å². The van der Waals surface area contributed by atoms with Crippen molar-refractivity contribution in [1.29, 1.82) is 0 Å². The highest BCUT2D eigenvalue weighted by atomic mass is 15.1. The standard InChI is InChI=1S/C8H18N2/c1-4-8(5-9-6-8)7-10(2)3/h9H,4-7H2,1-3H3. The van der Waals surface area contributed by atoms with Crippen LogP contribution in [-0.2, 0) is 0 Å². The molecule has 2 heteroatoms. The summed E-state index contributed by atoms with van der Waals surface area (Å²) in [6.07, 6.45) is 1.30. The van der Waals surface area contributed by atoms with Crippen molar-refractivity contribution >= 4 is 0 Å². The number of rotatable bonds is 3. The second kappa shape index (κ2) is 2.89. The Morgan fingerprint density at radius 3 is 2.10 bits per heavy atom. The van der Waals surface area contributed by atoms with E-state index >= 15 is 0 Å². The summed E-state index contributed by atoms with van der Waals surface area (Å²) in [7, 11) is 4.30. The average Bonchev–Trinajstić information content (AvgIpc) is 1.78. The quantitative estimate of drug-likeness (QED) is 0.619. The van der Waals surface area contributed by atoms with E-state index in [-0.39, 0.29) is 0 Å². The van der Waals surface area contributed by atoms with Gasteiger partial charge < -0.3 is 10.2 Å². The first-order chi connectivity index (χ1) is 4.68. The lowest BCUT2D eigenvalue weighted by Crippen LogP contribution is -2.57. The molecule has 0 aromatic carbocycles. The van der Waals surface area contributed by atoms with Gasteiger partial charge in [0, 0.05) is 25.0 Å². The maximum Gasteiger partial charge on any atom is 0.00769 e. The molecule has 1 aliphatic heterocycles. The molecule has 1 fully saturated rings. The minimum Gasteiger partial charge on any atom is -0.315 e. The molecule has 2 nitrogen and oxygen atoms in total. The summed E-state index contributed by atoms with van der Waals surface area (Å²) in [6, 6.07) is 0. The van der Waals surface area contributed by atoms with Gasteiger partial charge in [0.2, 0.25) is 0 Å². The zero-order chi connectivity index (χ0) is 7.61. The third kappa shape index (κ3) is 1.50. The minimum absolute atomic E-state index is 0.601. The molecule has 0 bridgehead atoms. The first-order valence-electron chi connectivity index (χ1n) is 4.04. The summed E-state index contributed by atoms with van der Waals surface area (Å²) in [6.45, 7) is 5.93. The zero-order valence-electron chi connectivity index (χ0n) is 7.28. The van der Waals surface area contributed by atoms with Gasteiger partial charge in [0.1, 0.15) is 0 Å². The van der Waals surface area contributed by atoms with Crippen molar-refractivity contribution in [2.45, 2.75) is 13.3 Å². The topological polar surface area (TPSA) is 15.3 Å². The fourth-order valence-corrected chi connectivity index (χ4v) is 1.62. The highest BCUT2D eigenvalue weighted by Gasteiger charge is 2.34. The summed E-state index contributed by atoms with van der Waals surface area (Å²) < 4.78 is 0. The van der Waals surface area contributed by atoms with Crippen molar-refractivity contribution in [1.82, 2.24) is 10.2 Å². The van der Waals surface area contributed by atoms with Crippen molar-refractivity contribution in [2.75, 3.05) is 33.7 Å². The molecule has 0 saturated carbocycles. The van der Waals surface area contributed by atoms with Gasteiger partial charge in [0.25, 0.3) is 0 Å². The molecule has 0 aliphatic carbocycles. The molecule has 0 unspecified atom stereocenters. The molecule has 0 radical (unpaired) electrons. The maximum absolute atomic E-state index is 3.33. The normalized spacial score (nSPS) is 22.8. The van der Waals surface area contributed by atoms with Crippen LogP contribution >= 0.6 is 0 Å². The summed E-state index contributed by atoms with van der Waals surface area (Å²) >= 11 is 0. The Labute approximate surface area is 63.6 Å². The van der Waals surface area contributed by atoms with Gasteiger partial charge in [-0.2, -0.15) is 0 Å².